The van der Waals surface area contributed by atoms with E-state index in [2.05, 4.69) is 16.5 Å². The van der Waals surface area contributed by atoms with E-state index in [1.165, 1.54) is 0 Å². The zero-order valence-corrected chi connectivity index (χ0v) is 13.5. The molecule has 2 aromatic rings. The first kappa shape index (κ1) is 16.2. The van der Waals surface area contributed by atoms with Crippen LogP contribution >= 0.6 is 11.3 Å². The van der Waals surface area contributed by atoms with Gasteiger partial charge in [0.25, 0.3) is 0 Å². The molecule has 0 unspecified atom stereocenters. The van der Waals surface area contributed by atoms with Crippen molar-refractivity contribution in [3.05, 3.63) is 41.6 Å². The van der Waals surface area contributed by atoms with Crippen LogP contribution in [0.25, 0.3) is 10.6 Å². The maximum Gasteiger partial charge on any atom is 0.333 e. The van der Waals surface area contributed by atoms with E-state index in [1.54, 1.807) is 30.7 Å². The minimum atomic E-state index is -0.372. The Bertz CT molecular complexity index is 653. The largest absolute Gasteiger partial charge is 0.477 e. The highest BCUT2D eigenvalue weighted by molar-refractivity contribution is 7.15. The van der Waals surface area contributed by atoms with E-state index in [4.69, 9.17) is 9.47 Å². The zero-order chi connectivity index (χ0) is 15.9. The fourth-order valence-electron chi connectivity index (χ4n) is 1.64. The van der Waals surface area contributed by atoms with Crippen molar-refractivity contribution in [3.63, 3.8) is 0 Å². The van der Waals surface area contributed by atoms with E-state index >= 15 is 0 Å². The minimum absolute atomic E-state index is 0.310. The SMILES string of the molecule is C=C(C)C(=O)OCCCOc1nc(-c2cccnc2)sc1C. The normalized spacial score (nSPS) is 10.3. The topological polar surface area (TPSA) is 61.3 Å². The number of carbonyl (C=O) groups is 1. The predicted molar refractivity (Wildman–Crippen MR) is 86.0 cm³/mol. The van der Waals surface area contributed by atoms with Crippen LogP contribution in [0.1, 0.15) is 18.2 Å². The van der Waals surface area contributed by atoms with Gasteiger partial charge in [-0.25, -0.2) is 9.78 Å². The Hall–Kier alpha value is -2.21. The molecule has 2 aromatic heterocycles. The molecule has 0 aliphatic rings. The van der Waals surface area contributed by atoms with Gasteiger partial charge in [-0.2, -0.15) is 0 Å². The third kappa shape index (κ3) is 4.39. The molecule has 0 aliphatic heterocycles. The van der Waals surface area contributed by atoms with Crippen molar-refractivity contribution in [1.29, 1.82) is 0 Å². The molecular formula is C16H18N2O3S. The third-order valence-electron chi connectivity index (χ3n) is 2.77. The summed E-state index contributed by atoms with van der Waals surface area (Å²) in [5.41, 5.74) is 1.37. The number of esters is 1. The maximum absolute atomic E-state index is 11.2. The number of pyridine rings is 1. The van der Waals surface area contributed by atoms with Crippen LogP contribution in [0, 0.1) is 6.92 Å². The van der Waals surface area contributed by atoms with Crippen molar-refractivity contribution in [3.8, 4) is 16.5 Å². The molecule has 0 saturated heterocycles. The molecule has 0 bridgehead atoms. The van der Waals surface area contributed by atoms with Gasteiger partial charge in [0.1, 0.15) is 5.01 Å². The van der Waals surface area contributed by atoms with Gasteiger partial charge in [-0.1, -0.05) is 6.58 Å². The smallest absolute Gasteiger partial charge is 0.333 e. The Morgan fingerprint density at radius 1 is 1.41 bits per heavy atom. The Balaban J connectivity index is 1.83. The molecule has 6 heteroatoms. The molecule has 5 nitrogen and oxygen atoms in total. The summed E-state index contributed by atoms with van der Waals surface area (Å²) in [7, 11) is 0. The van der Waals surface area contributed by atoms with Crippen LogP contribution in [0.2, 0.25) is 0 Å². The number of nitrogens with zero attached hydrogens (tertiary/aromatic N) is 2. The van der Waals surface area contributed by atoms with Gasteiger partial charge >= 0.3 is 5.97 Å². The molecule has 0 saturated carbocycles. The Labute approximate surface area is 133 Å². The first-order valence-electron chi connectivity index (χ1n) is 6.91. The lowest BCUT2D eigenvalue weighted by Gasteiger charge is -2.05. The second kappa shape index (κ2) is 7.70. The monoisotopic (exact) mass is 318 g/mol. The summed E-state index contributed by atoms with van der Waals surface area (Å²) in [6, 6.07) is 3.84. The first-order chi connectivity index (χ1) is 10.6. The summed E-state index contributed by atoms with van der Waals surface area (Å²) in [5.74, 6) is 0.249. The van der Waals surface area contributed by atoms with Gasteiger partial charge in [0.15, 0.2) is 0 Å². The van der Waals surface area contributed by atoms with Crippen LogP contribution in [-0.4, -0.2) is 29.2 Å². The van der Waals surface area contributed by atoms with Crippen LogP contribution in [0.4, 0.5) is 0 Å². The first-order valence-corrected chi connectivity index (χ1v) is 7.73. The number of hydrogen-bond donors (Lipinski definition) is 0. The summed E-state index contributed by atoms with van der Waals surface area (Å²) in [6.07, 6.45) is 4.12. The van der Waals surface area contributed by atoms with Crippen molar-refractivity contribution in [2.24, 2.45) is 0 Å². The van der Waals surface area contributed by atoms with Gasteiger partial charge < -0.3 is 9.47 Å². The molecule has 2 rings (SSSR count). The summed E-state index contributed by atoms with van der Waals surface area (Å²) in [5, 5.41) is 0.884. The molecular weight excluding hydrogens is 300 g/mol. The minimum Gasteiger partial charge on any atom is -0.477 e. The van der Waals surface area contributed by atoms with Gasteiger partial charge in [-0.05, 0) is 26.0 Å². The van der Waals surface area contributed by atoms with Crippen LogP contribution < -0.4 is 4.74 Å². The third-order valence-corrected chi connectivity index (χ3v) is 3.77. The summed E-state index contributed by atoms with van der Waals surface area (Å²) in [4.78, 5) is 20.8. The standard InChI is InChI=1S/C16H18N2O3S/c1-11(2)16(19)21-9-5-8-20-14-12(3)22-15(18-14)13-6-4-7-17-10-13/h4,6-7,10H,1,5,8-9H2,2-3H3. The number of hydrogen-bond acceptors (Lipinski definition) is 6. The zero-order valence-electron chi connectivity index (χ0n) is 12.7. The van der Waals surface area contributed by atoms with Gasteiger partial charge in [-0.3, -0.25) is 4.98 Å². The second-order valence-electron chi connectivity index (χ2n) is 4.74. The number of thiazole rings is 1. The van der Waals surface area contributed by atoms with Crippen molar-refractivity contribution < 1.29 is 14.3 Å². The number of aryl methyl sites for hydroxylation is 1. The summed E-state index contributed by atoms with van der Waals surface area (Å²) in [6.45, 7) is 7.87. The molecule has 0 spiro atoms. The lowest BCUT2D eigenvalue weighted by molar-refractivity contribution is -0.139. The van der Waals surface area contributed by atoms with Crippen molar-refractivity contribution in [1.82, 2.24) is 9.97 Å². The van der Waals surface area contributed by atoms with E-state index in [0.717, 1.165) is 15.4 Å². The van der Waals surface area contributed by atoms with Crippen molar-refractivity contribution >= 4 is 17.3 Å². The van der Waals surface area contributed by atoms with Crippen LogP contribution in [0.5, 0.6) is 5.88 Å². The Kier molecular flexibility index (Phi) is 5.66. The van der Waals surface area contributed by atoms with Gasteiger partial charge in [0.2, 0.25) is 5.88 Å². The molecule has 0 aliphatic carbocycles. The number of ether oxygens (including phenoxy) is 2. The summed E-state index contributed by atoms with van der Waals surface area (Å²) >= 11 is 1.57. The van der Waals surface area contributed by atoms with E-state index in [1.807, 2.05) is 19.1 Å². The summed E-state index contributed by atoms with van der Waals surface area (Å²) < 4.78 is 10.6. The van der Waals surface area contributed by atoms with E-state index in [0.29, 0.717) is 31.1 Å². The molecule has 0 radical (unpaired) electrons. The fraction of sp³-hybridized carbons (Fsp3) is 0.312. The quantitative estimate of drug-likeness (QED) is 0.445. The second-order valence-corrected chi connectivity index (χ2v) is 5.94. The predicted octanol–water partition coefficient (Wildman–Crippen LogP) is 3.40. The van der Waals surface area contributed by atoms with E-state index in [-0.39, 0.29) is 5.97 Å². The molecule has 0 amide bonds. The van der Waals surface area contributed by atoms with Gasteiger partial charge in [0.05, 0.1) is 18.1 Å². The molecule has 2 heterocycles. The lowest BCUT2D eigenvalue weighted by atomic mass is 10.3. The highest BCUT2D eigenvalue weighted by Crippen LogP contribution is 2.31. The van der Waals surface area contributed by atoms with Crippen molar-refractivity contribution in [2.45, 2.75) is 20.3 Å². The van der Waals surface area contributed by atoms with E-state index < -0.39 is 0 Å². The molecule has 22 heavy (non-hydrogen) atoms. The molecule has 0 aromatic carbocycles. The number of carbonyl (C=O) groups excluding carboxylic acids is 1. The number of rotatable bonds is 7. The molecule has 0 fully saturated rings. The fourth-order valence-corrected chi connectivity index (χ4v) is 2.49. The Morgan fingerprint density at radius 3 is 2.91 bits per heavy atom. The van der Waals surface area contributed by atoms with Crippen LogP contribution in [0.15, 0.2) is 36.7 Å². The highest BCUT2D eigenvalue weighted by Gasteiger charge is 2.10. The average Bonchev–Trinajstić information content (AvgIpc) is 2.88. The van der Waals surface area contributed by atoms with Gasteiger partial charge in [0, 0.05) is 30.0 Å². The number of aromatic nitrogens is 2. The van der Waals surface area contributed by atoms with E-state index in [9.17, 15) is 4.79 Å². The Morgan fingerprint density at radius 2 is 2.23 bits per heavy atom. The molecule has 0 N–H and O–H groups in total. The highest BCUT2D eigenvalue weighted by atomic mass is 32.1. The average molecular weight is 318 g/mol. The van der Waals surface area contributed by atoms with Crippen LogP contribution in [0.3, 0.4) is 0 Å². The van der Waals surface area contributed by atoms with Gasteiger partial charge in [-0.15, -0.1) is 11.3 Å². The molecule has 0 atom stereocenters. The lowest BCUT2D eigenvalue weighted by Crippen LogP contribution is -2.09. The van der Waals surface area contributed by atoms with Crippen molar-refractivity contribution in [2.75, 3.05) is 13.2 Å². The molecule has 116 valence electrons. The van der Waals surface area contributed by atoms with Crippen LogP contribution in [-0.2, 0) is 9.53 Å². The maximum atomic E-state index is 11.2.